The SMILES string of the molecule is Cc1ccc(CC(C)(C)NC(=O)/C=C/c2ccc(C(=O)N(C)C)cc2)cc1. The second-order valence-corrected chi connectivity index (χ2v) is 7.69. The van der Waals surface area contributed by atoms with E-state index in [1.54, 1.807) is 32.3 Å². The Morgan fingerprint density at radius 3 is 2.15 bits per heavy atom. The molecule has 142 valence electrons. The number of carbonyl (C=O) groups is 2. The van der Waals surface area contributed by atoms with Crippen molar-refractivity contribution in [1.29, 1.82) is 0 Å². The van der Waals surface area contributed by atoms with Crippen LogP contribution >= 0.6 is 0 Å². The van der Waals surface area contributed by atoms with Gasteiger partial charge in [-0.15, -0.1) is 0 Å². The molecule has 0 fully saturated rings. The molecule has 0 bridgehead atoms. The highest BCUT2D eigenvalue weighted by molar-refractivity contribution is 5.94. The first-order valence-electron chi connectivity index (χ1n) is 9.04. The molecule has 2 aromatic carbocycles. The summed E-state index contributed by atoms with van der Waals surface area (Å²) in [5, 5.41) is 3.05. The van der Waals surface area contributed by atoms with Crippen LogP contribution < -0.4 is 5.32 Å². The lowest BCUT2D eigenvalue weighted by molar-refractivity contribution is -0.117. The smallest absolute Gasteiger partial charge is 0.253 e. The Morgan fingerprint density at radius 2 is 1.59 bits per heavy atom. The maximum absolute atomic E-state index is 12.3. The predicted molar refractivity (Wildman–Crippen MR) is 111 cm³/mol. The molecule has 0 aromatic heterocycles. The lowest BCUT2D eigenvalue weighted by Gasteiger charge is -2.26. The number of carbonyl (C=O) groups excluding carboxylic acids is 2. The van der Waals surface area contributed by atoms with Crippen LogP contribution in [0.3, 0.4) is 0 Å². The average molecular weight is 364 g/mol. The van der Waals surface area contributed by atoms with Gasteiger partial charge in [-0.25, -0.2) is 0 Å². The van der Waals surface area contributed by atoms with E-state index in [9.17, 15) is 9.59 Å². The molecule has 2 amide bonds. The van der Waals surface area contributed by atoms with Gasteiger partial charge in [-0.3, -0.25) is 9.59 Å². The summed E-state index contributed by atoms with van der Waals surface area (Å²) < 4.78 is 0. The lowest BCUT2D eigenvalue weighted by Crippen LogP contribution is -2.44. The molecule has 0 saturated carbocycles. The number of nitrogens with one attached hydrogen (secondary N) is 1. The second kappa shape index (κ2) is 8.67. The van der Waals surface area contributed by atoms with Gasteiger partial charge in [-0.2, -0.15) is 0 Å². The maximum atomic E-state index is 12.3. The molecule has 0 aliphatic rings. The summed E-state index contributed by atoms with van der Waals surface area (Å²) >= 11 is 0. The predicted octanol–water partition coefficient (Wildman–Crippen LogP) is 3.85. The maximum Gasteiger partial charge on any atom is 0.253 e. The van der Waals surface area contributed by atoms with E-state index < -0.39 is 0 Å². The highest BCUT2D eigenvalue weighted by atomic mass is 16.2. The molecule has 2 rings (SSSR count). The molecule has 1 N–H and O–H groups in total. The van der Waals surface area contributed by atoms with E-state index in [4.69, 9.17) is 0 Å². The molecule has 0 spiro atoms. The standard InChI is InChI=1S/C23H28N2O2/c1-17-6-8-19(9-7-17)16-23(2,3)24-21(26)15-12-18-10-13-20(14-11-18)22(27)25(4)5/h6-15H,16H2,1-5H3,(H,24,26)/b15-12+. The number of rotatable bonds is 6. The molecule has 4 nitrogen and oxygen atoms in total. The van der Waals surface area contributed by atoms with Crippen molar-refractivity contribution in [2.24, 2.45) is 0 Å². The normalized spacial score (nSPS) is 11.4. The van der Waals surface area contributed by atoms with Gasteiger partial charge in [0.05, 0.1) is 0 Å². The molecule has 0 radical (unpaired) electrons. The first kappa shape index (κ1) is 20.4. The zero-order valence-corrected chi connectivity index (χ0v) is 16.7. The summed E-state index contributed by atoms with van der Waals surface area (Å²) in [6, 6.07) is 15.5. The van der Waals surface area contributed by atoms with Gasteiger partial charge in [0.25, 0.3) is 5.91 Å². The van der Waals surface area contributed by atoms with Crippen molar-refractivity contribution in [2.45, 2.75) is 32.7 Å². The van der Waals surface area contributed by atoms with Gasteiger partial charge in [0.2, 0.25) is 5.91 Å². The van der Waals surface area contributed by atoms with Gasteiger partial charge in [0, 0.05) is 31.3 Å². The molecule has 4 heteroatoms. The molecular formula is C23H28N2O2. The third kappa shape index (κ3) is 6.41. The molecule has 0 aliphatic heterocycles. The van der Waals surface area contributed by atoms with Crippen molar-refractivity contribution in [2.75, 3.05) is 14.1 Å². The molecule has 27 heavy (non-hydrogen) atoms. The summed E-state index contributed by atoms with van der Waals surface area (Å²) in [4.78, 5) is 25.7. The fourth-order valence-electron chi connectivity index (χ4n) is 2.80. The Labute approximate surface area is 161 Å². The van der Waals surface area contributed by atoms with Crippen LogP contribution in [0, 0.1) is 6.92 Å². The molecule has 0 heterocycles. The van der Waals surface area contributed by atoms with Gasteiger partial charge in [-0.1, -0.05) is 42.0 Å². The number of hydrogen-bond acceptors (Lipinski definition) is 2. The zero-order valence-electron chi connectivity index (χ0n) is 16.7. The summed E-state index contributed by atoms with van der Waals surface area (Å²) in [5.74, 6) is -0.179. The van der Waals surface area contributed by atoms with Crippen LogP contribution in [-0.2, 0) is 11.2 Å². The van der Waals surface area contributed by atoms with Crippen LogP contribution in [0.15, 0.2) is 54.6 Å². The molecule has 0 unspecified atom stereocenters. The monoisotopic (exact) mass is 364 g/mol. The van der Waals surface area contributed by atoms with Crippen molar-refractivity contribution >= 4 is 17.9 Å². The fraction of sp³-hybridized carbons (Fsp3) is 0.304. The van der Waals surface area contributed by atoms with Crippen LogP contribution in [-0.4, -0.2) is 36.3 Å². The third-order valence-corrected chi connectivity index (χ3v) is 4.22. The minimum absolute atomic E-state index is 0.0406. The van der Waals surface area contributed by atoms with Crippen molar-refractivity contribution in [3.63, 3.8) is 0 Å². The number of amides is 2. The average Bonchev–Trinajstić information content (AvgIpc) is 2.61. The minimum Gasteiger partial charge on any atom is -0.347 e. The fourth-order valence-corrected chi connectivity index (χ4v) is 2.80. The Balaban J connectivity index is 1.95. The molecule has 2 aromatic rings. The molecule has 0 atom stereocenters. The quantitative estimate of drug-likeness (QED) is 0.792. The van der Waals surface area contributed by atoms with Crippen molar-refractivity contribution in [3.05, 3.63) is 76.9 Å². The Kier molecular flexibility index (Phi) is 6.56. The van der Waals surface area contributed by atoms with Crippen LogP contribution in [0.25, 0.3) is 6.08 Å². The van der Waals surface area contributed by atoms with E-state index >= 15 is 0 Å². The summed E-state index contributed by atoms with van der Waals surface area (Å²) in [7, 11) is 3.44. The topological polar surface area (TPSA) is 49.4 Å². The van der Waals surface area contributed by atoms with Gasteiger partial charge >= 0.3 is 0 Å². The summed E-state index contributed by atoms with van der Waals surface area (Å²) in [5.41, 5.74) is 3.56. The van der Waals surface area contributed by atoms with E-state index in [1.807, 2.05) is 26.0 Å². The van der Waals surface area contributed by atoms with Crippen molar-refractivity contribution in [3.8, 4) is 0 Å². The van der Waals surface area contributed by atoms with E-state index in [2.05, 4.69) is 36.5 Å². The first-order valence-corrected chi connectivity index (χ1v) is 9.04. The van der Waals surface area contributed by atoms with Gasteiger partial charge in [-0.05, 0) is 56.5 Å². The number of hydrogen-bond donors (Lipinski definition) is 1. The van der Waals surface area contributed by atoms with Crippen LogP contribution in [0.2, 0.25) is 0 Å². The largest absolute Gasteiger partial charge is 0.347 e. The van der Waals surface area contributed by atoms with Gasteiger partial charge < -0.3 is 10.2 Å². The summed E-state index contributed by atoms with van der Waals surface area (Å²) in [6.45, 7) is 6.09. The van der Waals surface area contributed by atoms with Crippen LogP contribution in [0.5, 0.6) is 0 Å². The van der Waals surface area contributed by atoms with Gasteiger partial charge in [0.15, 0.2) is 0 Å². The van der Waals surface area contributed by atoms with Gasteiger partial charge in [0.1, 0.15) is 0 Å². The van der Waals surface area contributed by atoms with E-state index in [0.717, 1.165) is 12.0 Å². The van der Waals surface area contributed by atoms with E-state index in [0.29, 0.717) is 5.56 Å². The molecule has 0 saturated heterocycles. The summed E-state index contributed by atoms with van der Waals surface area (Å²) in [6.07, 6.45) is 4.04. The zero-order chi connectivity index (χ0) is 20.0. The second-order valence-electron chi connectivity index (χ2n) is 7.69. The van der Waals surface area contributed by atoms with E-state index in [1.165, 1.54) is 22.1 Å². The number of benzene rings is 2. The van der Waals surface area contributed by atoms with Crippen molar-refractivity contribution < 1.29 is 9.59 Å². The Hall–Kier alpha value is -2.88. The molecule has 0 aliphatic carbocycles. The first-order chi connectivity index (χ1) is 12.7. The minimum atomic E-state index is -0.349. The Bertz CT molecular complexity index is 816. The molecular weight excluding hydrogens is 336 g/mol. The van der Waals surface area contributed by atoms with Crippen LogP contribution in [0.1, 0.15) is 40.9 Å². The van der Waals surface area contributed by atoms with Crippen molar-refractivity contribution in [1.82, 2.24) is 10.2 Å². The highest BCUT2D eigenvalue weighted by Crippen LogP contribution is 2.14. The van der Waals surface area contributed by atoms with E-state index in [-0.39, 0.29) is 17.4 Å². The van der Waals surface area contributed by atoms with Crippen LogP contribution in [0.4, 0.5) is 0 Å². The number of nitrogens with zero attached hydrogens (tertiary/aromatic N) is 1. The number of aryl methyl sites for hydroxylation is 1. The third-order valence-electron chi connectivity index (χ3n) is 4.22. The highest BCUT2D eigenvalue weighted by Gasteiger charge is 2.19. The lowest BCUT2D eigenvalue weighted by atomic mass is 9.94. The Morgan fingerprint density at radius 1 is 1.00 bits per heavy atom.